The van der Waals surface area contributed by atoms with Crippen LogP contribution in [0.4, 0.5) is 5.69 Å². The minimum atomic E-state index is 0.684. The Morgan fingerprint density at radius 2 is 1.86 bits per heavy atom. The lowest BCUT2D eigenvalue weighted by Gasteiger charge is -2.24. The van der Waals surface area contributed by atoms with Gasteiger partial charge in [-0.25, -0.2) is 0 Å². The Morgan fingerprint density at radius 3 is 2.73 bits per heavy atom. The minimum Gasteiger partial charge on any atom is -0.370 e. The van der Waals surface area contributed by atoms with Crippen molar-refractivity contribution >= 4 is 33.8 Å². The van der Waals surface area contributed by atoms with Gasteiger partial charge in [-0.3, -0.25) is 0 Å². The first-order valence-corrected chi connectivity index (χ1v) is 8.18. The lowest BCUT2D eigenvalue weighted by molar-refractivity contribution is -0.906. The Kier molecular flexibility index (Phi) is 5.21. The van der Waals surface area contributed by atoms with Crippen molar-refractivity contribution in [2.75, 3.05) is 44.7 Å². The molecule has 0 unspecified atom stereocenters. The van der Waals surface area contributed by atoms with Gasteiger partial charge in [-0.1, -0.05) is 36.4 Å². The maximum Gasteiger partial charge on any atom is 0.171 e. The molecule has 0 atom stereocenters. The van der Waals surface area contributed by atoms with Crippen LogP contribution in [0.5, 0.6) is 0 Å². The van der Waals surface area contributed by atoms with Gasteiger partial charge in [0.2, 0.25) is 0 Å². The molecule has 3 rings (SSSR count). The summed E-state index contributed by atoms with van der Waals surface area (Å²) in [6, 6.07) is 14.5. The van der Waals surface area contributed by atoms with E-state index in [-0.39, 0.29) is 0 Å². The van der Waals surface area contributed by atoms with Crippen LogP contribution in [-0.4, -0.2) is 44.5 Å². The van der Waals surface area contributed by atoms with Crippen molar-refractivity contribution in [2.24, 2.45) is 0 Å². The topological polar surface area (TPSA) is 37.7 Å². The Morgan fingerprint density at radius 1 is 1.09 bits per heavy atom. The molecule has 116 valence electrons. The summed E-state index contributed by atoms with van der Waals surface area (Å²) in [5, 5.41) is 9.70. The number of nitrogens with one attached hydrogen (secondary N) is 3. The minimum absolute atomic E-state index is 0.684. The van der Waals surface area contributed by atoms with Crippen molar-refractivity contribution in [2.45, 2.75) is 0 Å². The lowest BCUT2D eigenvalue weighted by Crippen LogP contribution is -3.14. The van der Waals surface area contributed by atoms with Crippen molar-refractivity contribution in [3.63, 3.8) is 0 Å². The monoisotopic (exact) mass is 316 g/mol. The van der Waals surface area contributed by atoms with E-state index in [2.05, 4.69) is 34.9 Å². The summed E-state index contributed by atoms with van der Waals surface area (Å²) in [6.45, 7) is 5.87. The Labute approximate surface area is 136 Å². The van der Waals surface area contributed by atoms with Crippen LogP contribution in [0.2, 0.25) is 0 Å². The molecular weight excluding hydrogens is 294 g/mol. The molecule has 4 nitrogen and oxygen atoms in total. The Hall–Kier alpha value is -1.69. The van der Waals surface area contributed by atoms with E-state index >= 15 is 0 Å². The summed E-state index contributed by atoms with van der Waals surface area (Å²) >= 11 is 5.41. The molecule has 22 heavy (non-hydrogen) atoms. The average Bonchev–Trinajstić information content (AvgIpc) is 2.56. The van der Waals surface area contributed by atoms with Crippen LogP contribution < -0.4 is 15.5 Å². The van der Waals surface area contributed by atoms with Gasteiger partial charge in [-0.05, 0) is 23.7 Å². The molecule has 1 saturated heterocycles. The van der Waals surface area contributed by atoms with E-state index in [1.54, 1.807) is 4.90 Å². The molecule has 2 aromatic carbocycles. The molecule has 0 amide bonds. The standard InChI is InChI=1S/C17H21N3OS/c22-17(18-8-9-20-10-12-21-13-11-20)19-16-7-3-5-14-4-1-2-6-15(14)16/h1-7H,8-13H2,(H2,18,19,22)/p+1. The Balaban J connectivity index is 1.52. The van der Waals surface area contributed by atoms with E-state index in [1.165, 1.54) is 10.8 Å². The highest BCUT2D eigenvalue weighted by molar-refractivity contribution is 7.80. The molecule has 1 aliphatic heterocycles. The summed E-state index contributed by atoms with van der Waals surface area (Å²) in [4.78, 5) is 1.58. The summed E-state index contributed by atoms with van der Waals surface area (Å²) in [5.41, 5.74) is 1.05. The maximum atomic E-state index is 5.41. The number of rotatable bonds is 4. The molecule has 0 radical (unpaired) electrons. The average molecular weight is 316 g/mol. The van der Waals surface area contributed by atoms with Crippen LogP contribution in [-0.2, 0) is 4.74 Å². The number of quaternary nitrogens is 1. The third kappa shape index (κ3) is 3.94. The number of fused-ring (bicyclic) bond motifs is 1. The van der Waals surface area contributed by atoms with Gasteiger partial charge in [0.15, 0.2) is 5.11 Å². The fourth-order valence-electron chi connectivity index (χ4n) is 2.76. The molecule has 1 aliphatic rings. The molecule has 0 aromatic heterocycles. The molecule has 0 aliphatic carbocycles. The molecule has 2 aromatic rings. The van der Waals surface area contributed by atoms with Crippen LogP contribution in [0.3, 0.4) is 0 Å². The van der Waals surface area contributed by atoms with E-state index in [1.807, 2.05) is 18.2 Å². The van der Waals surface area contributed by atoms with Gasteiger partial charge in [0, 0.05) is 11.1 Å². The van der Waals surface area contributed by atoms with Crippen LogP contribution in [0.25, 0.3) is 10.8 Å². The molecule has 0 bridgehead atoms. The van der Waals surface area contributed by atoms with Crippen molar-refractivity contribution in [1.82, 2.24) is 5.32 Å². The van der Waals surface area contributed by atoms with E-state index in [0.29, 0.717) is 5.11 Å². The SMILES string of the molecule is S=C(NCC[NH+]1CCOCC1)Nc1cccc2ccccc12. The number of hydrogen-bond donors (Lipinski definition) is 3. The van der Waals surface area contributed by atoms with Gasteiger partial charge in [0.25, 0.3) is 0 Å². The van der Waals surface area contributed by atoms with E-state index in [0.717, 1.165) is 45.1 Å². The van der Waals surface area contributed by atoms with E-state index in [4.69, 9.17) is 17.0 Å². The van der Waals surface area contributed by atoms with Gasteiger partial charge in [-0.2, -0.15) is 0 Å². The van der Waals surface area contributed by atoms with Crippen LogP contribution in [0.1, 0.15) is 0 Å². The van der Waals surface area contributed by atoms with E-state index < -0.39 is 0 Å². The number of thiocarbonyl (C=S) groups is 1. The second kappa shape index (κ2) is 7.54. The van der Waals surface area contributed by atoms with Crippen molar-refractivity contribution in [1.29, 1.82) is 0 Å². The van der Waals surface area contributed by atoms with E-state index in [9.17, 15) is 0 Å². The summed E-state index contributed by atoms with van der Waals surface area (Å²) in [7, 11) is 0. The Bertz CT molecular complexity index is 635. The highest BCUT2D eigenvalue weighted by Crippen LogP contribution is 2.22. The van der Waals surface area contributed by atoms with Crippen molar-refractivity contribution in [3.8, 4) is 0 Å². The smallest absolute Gasteiger partial charge is 0.171 e. The molecule has 0 saturated carbocycles. The first-order chi connectivity index (χ1) is 10.8. The summed E-state index contributed by atoms with van der Waals surface area (Å²) in [5.74, 6) is 0. The predicted molar refractivity (Wildman–Crippen MR) is 94.6 cm³/mol. The van der Waals surface area contributed by atoms with Crippen LogP contribution in [0, 0.1) is 0 Å². The highest BCUT2D eigenvalue weighted by atomic mass is 32.1. The molecule has 0 spiro atoms. The molecule has 3 N–H and O–H groups in total. The van der Waals surface area contributed by atoms with Crippen molar-refractivity contribution in [3.05, 3.63) is 42.5 Å². The molecule has 1 heterocycles. The number of morpholine rings is 1. The predicted octanol–water partition coefficient (Wildman–Crippen LogP) is 1.04. The van der Waals surface area contributed by atoms with Gasteiger partial charge >= 0.3 is 0 Å². The van der Waals surface area contributed by atoms with Crippen LogP contribution in [0.15, 0.2) is 42.5 Å². The zero-order chi connectivity index (χ0) is 15.2. The largest absolute Gasteiger partial charge is 0.370 e. The first kappa shape index (κ1) is 15.2. The third-order valence-corrected chi connectivity index (χ3v) is 4.25. The number of hydrogen-bond acceptors (Lipinski definition) is 2. The van der Waals surface area contributed by atoms with Gasteiger partial charge in [0.05, 0.1) is 26.3 Å². The zero-order valence-corrected chi connectivity index (χ0v) is 13.4. The lowest BCUT2D eigenvalue weighted by atomic mass is 10.1. The molecule has 5 heteroatoms. The summed E-state index contributed by atoms with van der Waals surface area (Å²) < 4.78 is 5.37. The molecular formula is C17H22N3OS+. The number of anilines is 1. The zero-order valence-electron chi connectivity index (χ0n) is 12.6. The van der Waals surface area contributed by atoms with Gasteiger partial charge < -0.3 is 20.3 Å². The van der Waals surface area contributed by atoms with Gasteiger partial charge in [-0.15, -0.1) is 0 Å². The fourth-order valence-corrected chi connectivity index (χ4v) is 2.98. The fraction of sp³-hybridized carbons (Fsp3) is 0.353. The number of benzene rings is 2. The normalized spacial score (nSPS) is 15.6. The highest BCUT2D eigenvalue weighted by Gasteiger charge is 2.13. The van der Waals surface area contributed by atoms with Gasteiger partial charge in [0.1, 0.15) is 13.1 Å². The third-order valence-electron chi connectivity index (χ3n) is 4.00. The number of ether oxygens (including phenoxy) is 1. The second-order valence-corrected chi connectivity index (χ2v) is 5.93. The second-order valence-electron chi connectivity index (χ2n) is 5.52. The van der Waals surface area contributed by atoms with Crippen LogP contribution >= 0.6 is 12.2 Å². The van der Waals surface area contributed by atoms with Crippen molar-refractivity contribution < 1.29 is 9.64 Å². The molecule has 1 fully saturated rings. The first-order valence-electron chi connectivity index (χ1n) is 7.77. The summed E-state index contributed by atoms with van der Waals surface area (Å²) in [6.07, 6.45) is 0. The quantitative estimate of drug-likeness (QED) is 0.737. The maximum absolute atomic E-state index is 5.41.